The minimum Gasteiger partial charge on any atom is -0.456 e. The molecule has 0 unspecified atom stereocenters. The number of hydrogen-bond acceptors (Lipinski definition) is 4. The van der Waals surface area contributed by atoms with Crippen LogP contribution < -0.4 is 5.32 Å². The van der Waals surface area contributed by atoms with Crippen molar-refractivity contribution in [2.75, 3.05) is 11.9 Å². The monoisotopic (exact) mass is 399 g/mol. The molecule has 0 atom stereocenters. The number of ether oxygens (including phenoxy) is 1. The predicted octanol–water partition coefficient (Wildman–Crippen LogP) is 4.28. The molecule has 1 aliphatic rings. The fraction of sp³-hybridized carbons (Fsp3) is 0.318. The van der Waals surface area contributed by atoms with Gasteiger partial charge in [-0.15, -0.1) is 0 Å². The van der Waals surface area contributed by atoms with E-state index in [0.29, 0.717) is 16.3 Å². The molecule has 0 saturated heterocycles. The molecule has 0 spiro atoms. The number of hydrogen-bond donors (Lipinski definition) is 1. The molecule has 0 saturated carbocycles. The molecule has 6 heteroatoms. The topological polar surface area (TPSA) is 72.5 Å². The summed E-state index contributed by atoms with van der Waals surface area (Å²) in [4.78, 5) is 36.1. The fourth-order valence-corrected chi connectivity index (χ4v) is 3.50. The van der Waals surface area contributed by atoms with E-state index in [2.05, 4.69) is 5.32 Å². The summed E-state index contributed by atoms with van der Waals surface area (Å²) in [5, 5.41) is 3.24. The van der Waals surface area contributed by atoms with Crippen LogP contribution >= 0.6 is 11.6 Å². The van der Waals surface area contributed by atoms with E-state index in [1.165, 1.54) is 11.1 Å². The van der Waals surface area contributed by atoms with E-state index in [9.17, 15) is 14.4 Å². The Morgan fingerprint density at radius 1 is 1.04 bits per heavy atom. The Morgan fingerprint density at radius 3 is 2.61 bits per heavy atom. The molecule has 1 aliphatic carbocycles. The third-order valence-electron chi connectivity index (χ3n) is 4.80. The fourth-order valence-electron chi connectivity index (χ4n) is 3.28. The molecule has 0 radical (unpaired) electrons. The van der Waals surface area contributed by atoms with Gasteiger partial charge in [0, 0.05) is 22.7 Å². The lowest BCUT2D eigenvalue weighted by Crippen LogP contribution is -2.21. The first kappa shape index (κ1) is 20.1. The average Bonchev–Trinajstić information content (AvgIpc) is 3.14. The zero-order chi connectivity index (χ0) is 20.1. The lowest BCUT2D eigenvalue weighted by molar-refractivity contribution is -0.147. The van der Waals surface area contributed by atoms with Gasteiger partial charge in [-0.25, -0.2) is 0 Å². The van der Waals surface area contributed by atoms with E-state index in [1.54, 1.807) is 18.2 Å². The van der Waals surface area contributed by atoms with Crippen molar-refractivity contribution in [2.45, 2.75) is 39.0 Å². The first-order valence-electron chi connectivity index (χ1n) is 9.29. The SMILES string of the molecule is Cc1cc(Cl)ccc1NC(=O)COC(=O)CCC(=O)c1ccc2c(c1)CCC2. The molecule has 1 N–H and O–H groups in total. The van der Waals surface area contributed by atoms with Gasteiger partial charge in [0.25, 0.3) is 5.91 Å². The molecule has 2 aromatic carbocycles. The third-order valence-corrected chi connectivity index (χ3v) is 5.04. The van der Waals surface area contributed by atoms with Crippen molar-refractivity contribution in [1.29, 1.82) is 0 Å². The number of ketones is 1. The van der Waals surface area contributed by atoms with Gasteiger partial charge >= 0.3 is 5.97 Å². The van der Waals surface area contributed by atoms with E-state index in [0.717, 1.165) is 24.8 Å². The van der Waals surface area contributed by atoms with Crippen LogP contribution in [0, 0.1) is 6.92 Å². The zero-order valence-corrected chi connectivity index (χ0v) is 16.5. The second-order valence-electron chi connectivity index (χ2n) is 6.93. The molecule has 0 aromatic heterocycles. The van der Waals surface area contributed by atoms with Crippen molar-refractivity contribution in [2.24, 2.45) is 0 Å². The van der Waals surface area contributed by atoms with E-state index in [4.69, 9.17) is 16.3 Å². The summed E-state index contributed by atoms with van der Waals surface area (Å²) in [6.07, 6.45) is 3.20. The number of rotatable bonds is 7. The summed E-state index contributed by atoms with van der Waals surface area (Å²) in [7, 11) is 0. The highest BCUT2D eigenvalue weighted by Gasteiger charge is 2.16. The largest absolute Gasteiger partial charge is 0.456 e. The Hall–Kier alpha value is -2.66. The number of benzene rings is 2. The number of fused-ring (bicyclic) bond motifs is 1. The van der Waals surface area contributed by atoms with E-state index in [1.807, 2.05) is 25.1 Å². The average molecular weight is 400 g/mol. The molecule has 5 nitrogen and oxygen atoms in total. The number of Topliss-reactive ketones (excluding diaryl/α,β-unsaturated/α-hetero) is 1. The third kappa shape index (κ3) is 5.20. The van der Waals surface area contributed by atoms with Crippen LogP contribution in [-0.2, 0) is 27.2 Å². The van der Waals surface area contributed by atoms with Gasteiger partial charge in [0.05, 0.1) is 6.42 Å². The predicted molar refractivity (Wildman–Crippen MR) is 108 cm³/mol. The Balaban J connectivity index is 1.42. The van der Waals surface area contributed by atoms with Crippen LogP contribution in [0.4, 0.5) is 5.69 Å². The van der Waals surface area contributed by atoms with Gasteiger partial charge in [0.2, 0.25) is 0 Å². The van der Waals surface area contributed by atoms with E-state index in [-0.39, 0.29) is 18.6 Å². The summed E-state index contributed by atoms with van der Waals surface area (Å²) < 4.78 is 4.97. The number of amides is 1. The van der Waals surface area contributed by atoms with Crippen LogP contribution in [0.15, 0.2) is 36.4 Å². The zero-order valence-electron chi connectivity index (χ0n) is 15.7. The smallest absolute Gasteiger partial charge is 0.306 e. The maximum atomic E-state index is 12.3. The second-order valence-corrected chi connectivity index (χ2v) is 7.36. The van der Waals surface area contributed by atoms with Crippen molar-refractivity contribution in [3.8, 4) is 0 Å². The highest BCUT2D eigenvalue weighted by Crippen LogP contribution is 2.23. The maximum absolute atomic E-state index is 12.3. The van der Waals surface area contributed by atoms with Gasteiger partial charge in [-0.3, -0.25) is 14.4 Å². The molecule has 0 heterocycles. The number of carbonyl (C=O) groups is 3. The summed E-state index contributed by atoms with van der Waals surface area (Å²) in [6.45, 7) is 1.42. The minimum absolute atomic E-state index is 0.0524. The molecule has 0 fully saturated rings. The number of nitrogens with one attached hydrogen (secondary N) is 1. The Morgan fingerprint density at radius 2 is 1.82 bits per heavy atom. The molecule has 1 amide bonds. The molecule has 146 valence electrons. The highest BCUT2D eigenvalue weighted by atomic mass is 35.5. The number of halogens is 1. The van der Waals surface area contributed by atoms with Crippen molar-refractivity contribution >= 4 is 34.9 Å². The number of carbonyl (C=O) groups excluding carboxylic acids is 3. The van der Waals surface area contributed by atoms with Crippen LogP contribution in [0.5, 0.6) is 0 Å². The quantitative estimate of drug-likeness (QED) is 0.557. The Labute approximate surface area is 169 Å². The maximum Gasteiger partial charge on any atom is 0.306 e. The molecule has 0 bridgehead atoms. The molecular weight excluding hydrogens is 378 g/mol. The number of esters is 1. The van der Waals surface area contributed by atoms with Crippen molar-refractivity contribution in [3.63, 3.8) is 0 Å². The van der Waals surface area contributed by atoms with Crippen molar-refractivity contribution in [1.82, 2.24) is 0 Å². The molecule has 28 heavy (non-hydrogen) atoms. The van der Waals surface area contributed by atoms with Gasteiger partial charge in [-0.2, -0.15) is 0 Å². The standard InChI is InChI=1S/C22H22ClNO4/c1-14-11-18(23)7-8-19(14)24-21(26)13-28-22(27)10-9-20(25)17-6-5-15-3-2-4-16(15)12-17/h5-8,11-12H,2-4,9-10,13H2,1H3,(H,24,26). The van der Waals surface area contributed by atoms with Gasteiger partial charge < -0.3 is 10.1 Å². The van der Waals surface area contributed by atoms with Gasteiger partial charge in [0.15, 0.2) is 12.4 Å². The first-order valence-corrected chi connectivity index (χ1v) is 9.67. The molecule has 0 aliphatic heterocycles. The lowest BCUT2D eigenvalue weighted by atomic mass is 10.0. The van der Waals surface area contributed by atoms with Crippen LogP contribution in [-0.4, -0.2) is 24.3 Å². The van der Waals surface area contributed by atoms with Gasteiger partial charge in [-0.1, -0.05) is 23.7 Å². The van der Waals surface area contributed by atoms with Crippen LogP contribution in [0.1, 0.15) is 46.3 Å². The normalized spacial score (nSPS) is 12.4. The summed E-state index contributed by atoms with van der Waals surface area (Å²) >= 11 is 5.88. The van der Waals surface area contributed by atoms with Crippen molar-refractivity contribution < 1.29 is 19.1 Å². The van der Waals surface area contributed by atoms with Crippen LogP contribution in [0.25, 0.3) is 0 Å². The Kier molecular flexibility index (Phi) is 6.47. The Bertz CT molecular complexity index is 923. The number of anilines is 1. The molecule has 3 rings (SSSR count). The number of aryl methyl sites for hydroxylation is 3. The minimum atomic E-state index is -0.572. The van der Waals surface area contributed by atoms with Crippen molar-refractivity contribution in [3.05, 3.63) is 63.7 Å². The summed E-state index contributed by atoms with van der Waals surface area (Å²) in [5.41, 5.74) is 4.58. The summed E-state index contributed by atoms with van der Waals surface area (Å²) in [5.74, 6) is -1.10. The van der Waals surface area contributed by atoms with Gasteiger partial charge in [0.1, 0.15) is 0 Å². The van der Waals surface area contributed by atoms with Crippen LogP contribution in [0.2, 0.25) is 5.02 Å². The first-order chi connectivity index (χ1) is 13.4. The van der Waals surface area contributed by atoms with E-state index >= 15 is 0 Å². The molecule has 2 aromatic rings. The summed E-state index contributed by atoms with van der Waals surface area (Å²) in [6, 6.07) is 10.8. The lowest BCUT2D eigenvalue weighted by Gasteiger charge is -2.09. The highest BCUT2D eigenvalue weighted by molar-refractivity contribution is 6.30. The van der Waals surface area contributed by atoms with Crippen LogP contribution in [0.3, 0.4) is 0 Å². The van der Waals surface area contributed by atoms with E-state index < -0.39 is 18.5 Å². The molecular formula is C22H22ClNO4. The van der Waals surface area contributed by atoms with Gasteiger partial charge in [-0.05, 0) is 67.1 Å². The second kappa shape index (κ2) is 9.02.